The smallest absolute Gasteiger partial charge is 0.340 e. The minimum Gasteiger partial charge on any atom is -0.430 e. The van der Waals surface area contributed by atoms with E-state index in [0.717, 1.165) is 33.6 Å². The van der Waals surface area contributed by atoms with Gasteiger partial charge in [-0.05, 0) is 53.5 Å². The average molecular weight is 674 g/mol. The summed E-state index contributed by atoms with van der Waals surface area (Å²) >= 11 is 0.929. The van der Waals surface area contributed by atoms with Crippen molar-refractivity contribution in [3.8, 4) is 23.0 Å². The van der Waals surface area contributed by atoms with Gasteiger partial charge < -0.3 is 18.1 Å². The van der Waals surface area contributed by atoms with Crippen molar-refractivity contribution in [3.63, 3.8) is 0 Å². The SMILES string of the molecule is C=P(N=P(C)(Oc1ccccc1)Oc1cccc2ccccc12)(Oc1ccccc1)Oc1cccc2ccccc12.CSOOO. The zero-order valence-corrected chi connectivity index (χ0v) is 27.8. The maximum absolute atomic E-state index is 7.32. The molecule has 0 bridgehead atoms. The highest BCUT2D eigenvalue weighted by molar-refractivity contribution is 7.93. The number of hydrogen-bond donors (Lipinski definition) is 1. The molecule has 6 aromatic carbocycles. The molecular formula is C35H33NO7P2S. The van der Waals surface area contributed by atoms with Crippen LogP contribution in [0.4, 0.5) is 0 Å². The quantitative estimate of drug-likeness (QED) is 0.0629. The molecule has 0 aliphatic rings. The number of fused-ring (bicyclic) bond motifs is 2. The number of nitrogens with zero attached hydrogens (tertiary/aromatic N) is 1. The molecule has 2 atom stereocenters. The van der Waals surface area contributed by atoms with Gasteiger partial charge in [0.05, 0.1) is 0 Å². The third-order valence-electron chi connectivity index (χ3n) is 6.41. The molecule has 0 saturated carbocycles. The van der Waals surface area contributed by atoms with Crippen LogP contribution in [0.3, 0.4) is 0 Å². The maximum Gasteiger partial charge on any atom is 0.340 e. The molecule has 0 aliphatic carbocycles. The normalized spacial score (nSPS) is 13.4. The van der Waals surface area contributed by atoms with Crippen molar-refractivity contribution in [2.45, 2.75) is 0 Å². The Labute approximate surface area is 272 Å². The van der Waals surface area contributed by atoms with E-state index in [2.05, 4.69) is 15.7 Å². The van der Waals surface area contributed by atoms with Gasteiger partial charge >= 0.3 is 15.0 Å². The number of hydrogen-bond acceptors (Lipinski definition) is 9. The van der Waals surface area contributed by atoms with E-state index in [4.69, 9.17) is 27.9 Å². The molecule has 0 amide bonds. The van der Waals surface area contributed by atoms with Crippen molar-refractivity contribution in [3.05, 3.63) is 146 Å². The first-order chi connectivity index (χ1) is 22.4. The van der Waals surface area contributed by atoms with Crippen LogP contribution in [-0.4, -0.2) is 24.5 Å². The fraction of sp³-hybridized carbons (Fsp3) is 0.0571. The van der Waals surface area contributed by atoms with Crippen LogP contribution in [0.1, 0.15) is 0 Å². The van der Waals surface area contributed by atoms with Crippen molar-refractivity contribution in [1.29, 1.82) is 0 Å². The van der Waals surface area contributed by atoms with E-state index in [-0.39, 0.29) is 0 Å². The number of benzene rings is 6. The zero-order chi connectivity index (χ0) is 32.2. The molecule has 0 heterocycles. The van der Waals surface area contributed by atoms with Crippen LogP contribution in [0.15, 0.2) is 150 Å². The van der Waals surface area contributed by atoms with Gasteiger partial charge in [-0.25, -0.2) is 5.26 Å². The molecule has 6 aromatic rings. The molecule has 236 valence electrons. The molecule has 0 fully saturated rings. The lowest BCUT2D eigenvalue weighted by atomic mass is 10.1. The Hall–Kier alpha value is -4.20. The summed E-state index contributed by atoms with van der Waals surface area (Å²) in [5, 5.41) is 14.5. The van der Waals surface area contributed by atoms with Crippen molar-refractivity contribution < 1.29 is 32.7 Å². The lowest BCUT2D eigenvalue weighted by Crippen LogP contribution is -2.05. The summed E-state index contributed by atoms with van der Waals surface area (Å²) in [4.78, 5) is 0. The number of para-hydroxylation sites is 2. The van der Waals surface area contributed by atoms with Crippen molar-refractivity contribution in [2.75, 3.05) is 12.9 Å². The summed E-state index contributed by atoms with van der Waals surface area (Å²) < 4.78 is 35.4. The lowest BCUT2D eigenvalue weighted by Gasteiger charge is -2.28. The molecule has 1 N–H and O–H groups in total. The van der Waals surface area contributed by atoms with E-state index >= 15 is 0 Å². The second-order valence-corrected chi connectivity index (χ2v) is 14.6. The van der Waals surface area contributed by atoms with Gasteiger partial charge in [0.25, 0.3) is 0 Å². The molecule has 0 saturated heterocycles. The molecular weight excluding hydrogens is 640 g/mol. The molecule has 0 spiro atoms. The maximum atomic E-state index is 7.32. The van der Waals surface area contributed by atoms with Crippen LogP contribution < -0.4 is 18.1 Å². The molecule has 2 unspecified atom stereocenters. The molecule has 46 heavy (non-hydrogen) atoms. The first-order valence-electron chi connectivity index (χ1n) is 14.1. The first kappa shape index (κ1) is 33.2. The standard InChI is InChI=1S/C34H29NO4P2.CH4O3S/c1-40(36-29-19-5-3-6-20-29,38-33-25-13-17-27-15-9-11-23-31(27)33)35-41(2,37-30-21-7-4-8-22-30)39-34-26-14-18-28-16-10-12-24-32(28)34;1-5-4-3-2/h3-26H,1H2,2H3;2H,1H3. The van der Waals surface area contributed by atoms with Crippen LogP contribution in [0.5, 0.6) is 23.0 Å². The summed E-state index contributed by atoms with van der Waals surface area (Å²) in [7, 11) is -6.41. The van der Waals surface area contributed by atoms with Gasteiger partial charge in [0.15, 0.2) is 0 Å². The highest BCUT2D eigenvalue weighted by Gasteiger charge is 2.29. The molecule has 0 aliphatic heterocycles. The van der Waals surface area contributed by atoms with Crippen LogP contribution in [0, 0.1) is 0 Å². The summed E-state index contributed by atoms with van der Waals surface area (Å²) in [5.41, 5.74) is 0. The predicted octanol–water partition coefficient (Wildman–Crippen LogP) is 11.1. The Morgan fingerprint density at radius 1 is 0.565 bits per heavy atom. The van der Waals surface area contributed by atoms with Gasteiger partial charge in [0.1, 0.15) is 23.0 Å². The van der Waals surface area contributed by atoms with Crippen LogP contribution in [-0.2, 0) is 9.37 Å². The fourth-order valence-corrected chi connectivity index (χ4v) is 9.25. The van der Waals surface area contributed by atoms with Gasteiger partial charge in [0.2, 0.25) is 0 Å². The van der Waals surface area contributed by atoms with Gasteiger partial charge in [-0.1, -0.05) is 114 Å². The monoisotopic (exact) mass is 673 g/mol. The Morgan fingerprint density at radius 3 is 1.52 bits per heavy atom. The summed E-state index contributed by atoms with van der Waals surface area (Å²) in [5.74, 6) is 2.51. The fourth-order valence-electron chi connectivity index (χ4n) is 4.60. The van der Waals surface area contributed by atoms with Gasteiger partial charge in [-0.15, -0.1) is 8.85 Å². The average Bonchev–Trinajstić information content (AvgIpc) is 3.06. The Kier molecular flexibility index (Phi) is 11.4. The van der Waals surface area contributed by atoms with E-state index in [9.17, 15) is 0 Å². The number of rotatable bonds is 11. The van der Waals surface area contributed by atoms with Gasteiger partial charge in [-0.3, -0.25) is 0 Å². The minimum absolute atomic E-state index is 0.594. The topological polar surface area (TPSA) is 88.0 Å². The van der Waals surface area contributed by atoms with Gasteiger partial charge in [-0.2, -0.15) is 0 Å². The molecule has 6 rings (SSSR count). The van der Waals surface area contributed by atoms with E-state index in [1.165, 1.54) is 0 Å². The third kappa shape index (κ3) is 8.95. The second-order valence-electron chi connectivity index (χ2n) is 9.78. The van der Waals surface area contributed by atoms with E-state index in [0.29, 0.717) is 23.0 Å². The van der Waals surface area contributed by atoms with Crippen LogP contribution >= 0.6 is 27.0 Å². The minimum atomic E-state index is -3.30. The molecule has 0 radical (unpaired) electrons. The van der Waals surface area contributed by atoms with Crippen molar-refractivity contribution >= 4 is 54.9 Å². The van der Waals surface area contributed by atoms with E-state index in [1.54, 1.807) is 6.26 Å². The largest absolute Gasteiger partial charge is 0.430 e. The molecule has 8 nitrogen and oxygen atoms in total. The first-order valence-corrected chi connectivity index (χ1v) is 19.0. The Bertz CT molecular complexity index is 1960. The molecule has 0 aromatic heterocycles. The highest BCUT2D eigenvalue weighted by Crippen LogP contribution is 2.62. The van der Waals surface area contributed by atoms with Crippen molar-refractivity contribution in [2.24, 2.45) is 4.52 Å². The van der Waals surface area contributed by atoms with E-state index < -0.39 is 15.0 Å². The zero-order valence-electron chi connectivity index (χ0n) is 25.2. The Morgan fingerprint density at radius 2 is 1.02 bits per heavy atom. The predicted molar refractivity (Wildman–Crippen MR) is 191 cm³/mol. The van der Waals surface area contributed by atoms with Gasteiger partial charge in [0, 0.05) is 35.7 Å². The Balaban J connectivity index is 0.000000775. The summed E-state index contributed by atoms with van der Waals surface area (Å²) in [6.45, 7) is 1.86. The lowest BCUT2D eigenvalue weighted by molar-refractivity contribution is -0.432. The van der Waals surface area contributed by atoms with Crippen LogP contribution in [0.25, 0.3) is 21.5 Å². The second kappa shape index (κ2) is 15.9. The third-order valence-corrected chi connectivity index (χ3v) is 11.1. The molecule has 11 heteroatoms. The van der Waals surface area contributed by atoms with Crippen molar-refractivity contribution in [1.82, 2.24) is 0 Å². The highest BCUT2D eigenvalue weighted by atomic mass is 32.2. The summed E-state index contributed by atoms with van der Waals surface area (Å²) in [6, 6.07) is 46.9. The van der Waals surface area contributed by atoms with Crippen LogP contribution in [0.2, 0.25) is 0 Å². The van der Waals surface area contributed by atoms with E-state index in [1.807, 2.05) is 152 Å². The summed E-state index contributed by atoms with van der Waals surface area (Å²) in [6.07, 6.45) is 6.09.